The predicted molar refractivity (Wildman–Crippen MR) is 114 cm³/mol. The predicted octanol–water partition coefficient (Wildman–Crippen LogP) is 5.25. The van der Waals surface area contributed by atoms with Crippen molar-refractivity contribution in [1.29, 1.82) is 0 Å². The lowest BCUT2D eigenvalue weighted by atomic mass is 10.0. The van der Waals surface area contributed by atoms with Crippen LogP contribution in [-0.4, -0.2) is 46.0 Å². The molecule has 0 fully saturated rings. The molecule has 192 valence electrons. The van der Waals surface area contributed by atoms with E-state index in [-0.39, 0.29) is 24.0 Å². The van der Waals surface area contributed by atoms with Crippen molar-refractivity contribution in [2.75, 3.05) is 17.8 Å². The van der Waals surface area contributed by atoms with Crippen molar-refractivity contribution in [2.24, 2.45) is 0 Å². The molecule has 3 rings (SSSR count). The summed E-state index contributed by atoms with van der Waals surface area (Å²) in [4.78, 5) is 11.6. The van der Waals surface area contributed by atoms with Gasteiger partial charge in [0.1, 0.15) is 11.5 Å². The Morgan fingerprint density at radius 3 is 2.31 bits per heavy atom. The topological polar surface area (TPSA) is 72.9 Å². The largest absolute Gasteiger partial charge is 0.494 e. The maximum Gasteiger partial charge on any atom is 0.425 e. The van der Waals surface area contributed by atoms with Crippen LogP contribution in [0.4, 0.5) is 32.0 Å². The molecule has 0 radical (unpaired) electrons. The molecular weight excluding hydrogens is 504 g/mol. The fraction of sp³-hybridized carbons (Fsp3) is 0.409. The Labute approximate surface area is 197 Å². The van der Waals surface area contributed by atoms with Gasteiger partial charge < -0.3 is 14.4 Å². The van der Waals surface area contributed by atoms with Crippen LogP contribution in [0.15, 0.2) is 35.2 Å². The van der Waals surface area contributed by atoms with E-state index in [1.54, 1.807) is 6.92 Å². The van der Waals surface area contributed by atoms with E-state index in [0.29, 0.717) is 12.7 Å². The lowest BCUT2D eigenvalue weighted by Crippen LogP contribution is -2.34. The van der Waals surface area contributed by atoms with Gasteiger partial charge in [0.15, 0.2) is 28.3 Å². The summed E-state index contributed by atoms with van der Waals surface area (Å²) >= 11 is 0. The Morgan fingerprint density at radius 2 is 1.80 bits per heavy atom. The van der Waals surface area contributed by atoms with E-state index in [4.69, 9.17) is 9.47 Å². The van der Waals surface area contributed by atoms with E-state index in [9.17, 15) is 39.6 Å². The number of hydrogen-bond acceptors (Lipinski definition) is 6. The fourth-order valence-corrected chi connectivity index (χ4v) is 4.70. The van der Waals surface area contributed by atoms with Gasteiger partial charge in [-0.3, -0.25) is 4.79 Å². The minimum absolute atomic E-state index is 0.0746. The third-order valence-corrected chi connectivity index (χ3v) is 6.50. The Kier molecular flexibility index (Phi) is 7.04. The molecule has 1 heterocycles. The lowest BCUT2D eigenvalue weighted by Gasteiger charge is -2.31. The van der Waals surface area contributed by atoms with Gasteiger partial charge in [0.25, 0.3) is 0 Å². The minimum Gasteiger partial charge on any atom is -0.494 e. The number of halogens is 6. The molecule has 0 saturated carbocycles. The normalized spacial score (nSPS) is 17.2. The number of nitrogens with zero attached hydrogens (tertiary/aromatic N) is 1. The van der Waals surface area contributed by atoms with E-state index in [1.807, 2.05) is 0 Å². The van der Waals surface area contributed by atoms with Gasteiger partial charge in [-0.25, -0.2) is 8.42 Å². The molecule has 1 aliphatic heterocycles. The van der Waals surface area contributed by atoms with Crippen LogP contribution in [0.25, 0.3) is 0 Å². The highest BCUT2D eigenvalue weighted by molar-refractivity contribution is 7.90. The third kappa shape index (κ3) is 5.49. The van der Waals surface area contributed by atoms with Gasteiger partial charge in [0, 0.05) is 18.9 Å². The summed E-state index contributed by atoms with van der Waals surface area (Å²) < 4.78 is 117. The first-order valence-corrected chi connectivity index (χ1v) is 12.1. The van der Waals surface area contributed by atoms with Gasteiger partial charge in [-0.05, 0) is 43.2 Å². The average molecular weight is 525 g/mol. The van der Waals surface area contributed by atoms with Gasteiger partial charge in [-0.2, -0.15) is 26.3 Å². The monoisotopic (exact) mass is 525 g/mol. The van der Waals surface area contributed by atoms with Crippen LogP contribution in [0.1, 0.15) is 41.4 Å². The van der Waals surface area contributed by atoms with Crippen molar-refractivity contribution in [3.05, 3.63) is 47.0 Å². The summed E-state index contributed by atoms with van der Waals surface area (Å²) in [6, 6.07) is 3.09. The van der Waals surface area contributed by atoms with E-state index in [1.165, 1.54) is 18.2 Å². The Hall–Kier alpha value is -2.96. The molecule has 35 heavy (non-hydrogen) atoms. The number of hydrogen-bond donors (Lipinski definition) is 0. The van der Waals surface area contributed by atoms with Crippen LogP contribution >= 0.6 is 0 Å². The van der Waals surface area contributed by atoms with E-state index >= 15 is 0 Å². The van der Waals surface area contributed by atoms with Crippen molar-refractivity contribution in [3.8, 4) is 11.5 Å². The highest BCUT2D eigenvalue weighted by atomic mass is 32.2. The van der Waals surface area contributed by atoms with Crippen LogP contribution in [0, 0.1) is 0 Å². The first-order valence-electron chi connectivity index (χ1n) is 10.2. The highest BCUT2D eigenvalue weighted by Gasteiger charge is 2.50. The average Bonchev–Trinajstić information content (AvgIpc) is 3.11. The third-order valence-electron chi connectivity index (χ3n) is 5.37. The number of anilines is 1. The van der Waals surface area contributed by atoms with Gasteiger partial charge >= 0.3 is 12.4 Å². The molecule has 0 aromatic heterocycles. The standard InChI is InChI=1S/C22H21F6NO5S/c1-4-33-15-5-6-16-13(7-15)10-29(20(16)22(26,27)28)17-9-18(34-12(2)21(23,24)25)14(11-30)8-19(17)35(3,31)32/h5-9,11-12,20H,4,10H2,1-3H3/t12-,20?/m0/s1. The number of rotatable bonds is 7. The molecule has 2 aromatic rings. The zero-order valence-electron chi connectivity index (χ0n) is 18.7. The summed E-state index contributed by atoms with van der Waals surface area (Å²) in [5.41, 5.74) is -1.06. The zero-order chi connectivity index (χ0) is 26.3. The molecule has 13 heteroatoms. The molecule has 0 amide bonds. The summed E-state index contributed by atoms with van der Waals surface area (Å²) in [6.07, 6.45) is -11.3. The molecule has 2 atom stereocenters. The molecular formula is C22H21F6NO5S. The smallest absolute Gasteiger partial charge is 0.425 e. The molecule has 0 spiro atoms. The van der Waals surface area contributed by atoms with Crippen molar-refractivity contribution < 1.29 is 49.0 Å². The van der Waals surface area contributed by atoms with E-state index < -0.39 is 62.8 Å². The number of aldehydes is 1. The number of fused-ring (bicyclic) bond motifs is 1. The van der Waals surface area contributed by atoms with Crippen molar-refractivity contribution in [3.63, 3.8) is 0 Å². The first-order chi connectivity index (χ1) is 16.1. The highest BCUT2D eigenvalue weighted by Crippen LogP contribution is 2.49. The second-order valence-corrected chi connectivity index (χ2v) is 9.90. The van der Waals surface area contributed by atoms with E-state index in [0.717, 1.165) is 23.3 Å². The van der Waals surface area contributed by atoms with E-state index in [2.05, 4.69) is 0 Å². The fourth-order valence-electron chi connectivity index (χ4n) is 3.80. The summed E-state index contributed by atoms with van der Waals surface area (Å²) in [7, 11) is -4.22. The molecule has 0 N–H and O–H groups in total. The van der Waals surface area contributed by atoms with Crippen LogP contribution < -0.4 is 14.4 Å². The van der Waals surface area contributed by atoms with Gasteiger partial charge in [0.2, 0.25) is 0 Å². The number of sulfone groups is 1. The molecule has 0 saturated heterocycles. The molecule has 2 aromatic carbocycles. The number of alkyl halides is 6. The minimum atomic E-state index is -4.88. The summed E-state index contributed by atoms with van der Waals surface area (Å²) in [5.74, 6) is -0.393. The van der Waals surface area contributed by atoms with Crippen LogP contribution in [0.3, 0.4) is 0 Å². The first kappa shape index (κ1) is 26.6. The Balaban J connectivity index is 2.23. The van der Waals surface area contributed by atoms with Crippen LogP contribution in [-0.2, 0) is 16.4 Å². The van der Waals surface area contributed by atoms with Gasteiger partial charge in [0.05, 0.1) is 22.8 Å². The molecule has 6 nitrogen and oxygen atoms in total. The SMILES string of the molecule is CCOc1ccc2c(c1)CN(c1cc(O[C@@H](C)C(F)(F)F)c(C=O)cc1S(C)(=O)=O)C2C(F)(F)F. The maximum atomic E-state index is 14.2. The Bertz CT molecular complexity index is 1230. The second-order valence-electron chi connectivity index (χ2n) is 7.92. The number of benzene rings is 2. The summed E-state index contributed by atoms with van der Waals surface area (Å²) in [6.45, 7) is 2.18. The second kappa shape index (κ2) is 9.25. The van der Waals surface area contributed by atoms with Gasteiger partial charge in [-0.1, -0.05) is 6.07 Å². The molecule has 1 aliphatic rings. The lowest BCUT2D eigenvalue weighted by molar-refractivity contribution is -0.189. The van der Waals surface area contributed by atoms with Crippen molar-refractivity contribution in [1.82, 2.24) is 0 Å². The molecule has 0 aliphatic carbocycles. The molecule has 1 unspecified atom stereocenters. The number of ether oxygens (including phenoxy) is 2. The quantitative estimate of drug-likeness (QED) is 0.363. The van der Waals surface area contributed by atoms with Gasteiger partial charge in [-0.15, -0.1) is 0 Å². The van der Waals surface area contributed by atoms with Crippen molar-refractivity contribution in [2.45, 2.75) is 49.8 Å². The number of carbonyl (C=O) groups excluding carboxylic acids is 1. The Morgan fingerprint density at radius 1 is 1.14 bits per heavy atom. The van der Waals surface area contributed by atoms with Crippen LogP contribution in [0.5, 0.6) is 11.5 Å². The zero-order valence-corrected chi connectivity index (χ0v) is 19.5. The van der Waals surface area contributed by atoms with Crippen molar-refractivity contribution >= 4 is 21.8 Å². The summed E-state index contributed by atoms with van der Waals surface area (Å²) in [5, 5.41) is 0. The van der Waals surface area contributed by atoms with Crippen LogP contribution in [0.2, 0.25) is 0 Å². The number of carbonyl (C=O) groups is 1. The molecule has 0 bridgehead atoms. The maximum absolute atomic E-state index is 14.2.